The van der Waals surface area contributed by atoms with Gasteiger partial charge < -0.3 is 24.5 Å². The number of amides is 2. The summed E-state index contributed by atoms with van der Waals surface area (Å²) in [5.41, 5.74) is 2.20. The van der Waals surface area contributed by atoms with Crippen molar-refractivity contribution in [3.8, 4) is 11.5 Å². The van der Waals surface area contributed by atoms with Gasteiger partial charge in [-0.25, -0.2) is 0 Å². The van der Waals surface area contributed by atoms with E-state index in [1.165, 1.54) is 14.2 Å². The molecule has 0 aliphatic carbocycles. The van der Waals surface area contributed by atoms with Crippen molar-refractivity contribution in [2.75, 3.05) is 37.6 Å². The molecule has 29 heavy (non-hydrogen) atoms. The predicted octanol–water partition coefficient (Wildman–Crippen LogP) is 2.82. The number of oxime groups is 1. The molecule has 3 rings (SSSR count). The van der Waals surface area contributed by atoms with Crippen LogP contribution in [0.5, 0.6) is 11.5 Å². The summed E-state index contributed by atoms with van der Waals surface area (Å²) in [5.74, 6) is 0.440. The number of nitrogens with zero attached hydrogens (tertiary/aromatic N) is 2. The van der Waals surface area contributed by atoms with Gasteiger partial charge in [0.1, 0.15) is 11.5 Å². The minimum atomic E-state index is -0.422. The van der Waals surface area contributed by atoms with E-state index in [4.69, 9.17) is 14.3 Å². The first-order valence-corrected chi connectivity index (χ1v) is 9.21. The summed E-state index contributed by atoms with van der Waals surface area (Å²) in [6.07, 6.45) is 0.820. The zero-order valence-electron chi connectivity index (χ0n) is 16.6. The van der Waals surface area contributed by atoms with E-state index in [1.54, 1.807) is 23.1 Å². The Kier molecular flexibility index (Phi) is 6.33. The van der Waals surface area contributed by atoms with Crippen LogP contribution in [0, 0.1) is 0 Å². The molecular weight excluding hydrogens is 374 g/mol. The normalized spacial score (nSPS) is 14.0. The second-order valence-electron chi connectivity index (χ2n) is 6.34. The van der Waals surface area contributed by atoms with E-state index < -0.39 is 5.91 Å². The van der Waals surface area contributed by atoms with Crippen molar-refractivity contribution in [1.82, 2.24) is 0 Å². The Hall–Kier alpha value is -3.55. The monoisotopic (exact) mass is 397 g/mol. The molecule has 152 valence electrons. The summed E-state index contributed by atoms with van der Waals surface area (Å²) in [6.45, 7) is 2.25. The van der Waals surface area contributed by atoms with Crippen molar-refractivity contribution in [1.29, 1.82) is 0 Å². The molecule has 1 aliphatic heterocycles. The zero-order valence-corrected chi connectivity index (χ0v) is 16.6. The number of anilines is 2. The van der Waals surface area contributed by atoms with Crippen LogP contribution in [0.25, 0.3) is 0 Å². The maximum Gasteiger partial charge on any atom is 0.281 e. The fourth-order valence-corrected chi connectivity index (χ4v) is 3.03. The van der Waals surface area contributed by atoms with E-state index in [-0.39, 0.29) is 18.2 Å². The second kappa shape index (κ2) is 9.09. The first-order chi connectivity index (χ1) is 14.1. The lowest BCUT2D eigenvalue weighted by atomic mass is 10.1. The standard InChI is InChI=1S/C21H23N3O5/c1-4-9-24-18-8-6-5-7-17(18)20(21(24)26)23-29-13-19(25)22-14-10-15(27-2)12-16(11-14)28-3/h5-8,10-12H,4,9,13H2,1-3H3,(H,22,25)/b23-20-. The Labute approximate surface area is 169 Å². The van der Waals surface area contributed by atoms with Crippen molar-refractivity contribution >= 4 is 28.9 Å². The fraction of sp³-hybridized carbons (Fsp3) is 0.286. The Bertz CT molecular complexity index is 919. The first-order valence-electron chi connectivity index (χ1n) is 9.21. The van der Waals surface area contributed by atoms with Gasteiger partial charge in [-0.15, -0.1) is 0 Å². The molecule has 0 saturated carbocycles. The molecule has 1 aliphatic rings. The largest absolute Gasteiger partial charge is 0.497 e. The minimum Gasteiger partial charge on any atom is -0.497 e. The molecule has 2 amide bonds. The topological polar surface area (TPSA) is 89.5 Å². The number of carbonyl (C=O) groups is 2. The summed E-state index contributed by atoms with van der Waals surface area (Å²) >= 11 is 0. The lowest BCUT2D eigenvalue weighted by molar-refractivity contribution is -0.120. The quantitative estimate of drug-likeness (QED) is 0.692. The van der Waals surface area contributed by atoms with Crippen molar-refractivity contribution in [3.05, 3.63) is 48.0 Å². The van der Waals surface area contributed by atoms with Gasteiger partial charge in [0.25, 0.3) is 11.8 Å². The summed E-state index contributed by atoms with van der Waals surface area (Å²) in [5, 5.41) is 6.63. The number of methoxy groups -OCH3 is 2. The molecule has 2 aromatic carbocycles. The van der Waals surface area contributed by atoms with Gasteiger partial charge >= 0.3 is 0 Å². The third-order valence-electron chi connectivity index (χ3n) is 4.33. The lowest BCUT2D eigenvalue weighted by Crippen LogP contribution is -2.31. The Morgan fingerprint density at radius 2 is 1.79 bits per heavy atom. The first kappa shape index (κ1) is 20.2. The van der Waals surface area contributed by atoms with Crippen LogP contribution in [0.1, 0.15) is 18.9 Å². The lowest BCUT2D eigenvalue weighted by Gasteiger charge is -2.14. The third-order valence-corrected chi connectivity index (χ3v) is 4.33. The average molecular weight is 397 g/mol. The van der Waals surface area contributed by atoms with E-state index in [2.05, 4.69) is 10.5 Å². The van der Waals surface area contributed by atoms with Crippen LogP contribution in [0.3, 0.4) is 0 Å². The maximum atomic E-state index is 12.6. The SMILES string of the molecule is CCCN1C(=O)/C(=N\OCC(=O)Nc2cc(OC)cc(OC)c2)c2ccccc21. The molecule has 1 heterocycles. The van der Waals surface area contributed by atoms with Crippen LogP contribution < -0.4 is 19.7 Å². The molecule has 8 nitrogen and oxygen atoms in total. The van der Waals surface area contributed by atoms with Gasteiger partial charge in [0.15, 0.2) is 12.3 Å². The van der Waals surface area contributed by atoms with Crippen LogP contribution in [-0.4, -0.2) is 44.9 Å². The second-order valence-corrected chi connectivity index (χ2v) is 6.34. The molecular formula is C21H23N3O5. The van der Waals surface area contributed by atoms with Gasteiger partial charge in [-0.05, 0) is 12.5 Å². The molecule has 0 aromatic heterocycles. The minimum absolute atomic E-state index is 0.199. The fourth-order valence-electron chi connectivity index (χ4n) is 3.03. The number of ether oxygens (including phenoxy) is 2. The Balaban J connectivity index is 1.67. The van der Waals surface area contributed by atoms with Gasteiger partial charge in [-0.1, -0.05) is 30.3 Å². The number of benzene rings is 2. The smallest absolute Gasteiger partial charge is 0.281 e. The molecule has 0 fully saturated rings. The summed E-state index contributed by atoms with van der Waals surface area (Å²) in [4.78, 5) is 31.7. The van der Waals surface area contributed by atoms with Crippen molar-refractivity contribution in [3.63, 3.8) is 0 Å². The summed E-state index contributed by atoms with van der Waals surface area (Å²) in [6, 6.07) is 12.4. The van der Waals surface area contributed by atoms with Crippen LogP contribution in [0.15, 0.2) is 47.6 Å². The van der Waals surface area contributed by atoms with E-state index in [0.717, 1.165) is 12.1 Å². The van der Waals surface area contributed by atoms with E-state index >= 15 is 0 Å². The molecule has 0 radical (unpaired) electrons. The van der Waals surface area contributed by atoms with Gasteiger partial charge in [0, 0.05) is 36.0 Å². The summed E-state index contributed by atoms with van der Waals surface area (Å²) in [7, 11) is 3.05. The number of rotatable bonds is 8. The van der Waals surface area contributed by atoms with E-state index in [9.17, 15) is 9.59 Å². The number of fused-ring (bicyclic) bond motifs is 1. The van der Waals surface area contributed by atoms with Gasteiger partial charge in [-0.3, -0.25) is 9.59 Å². The number of carbonyl (C=O) groups excluding carboxylic acids is 2. The molecule has 0 unspecified atom stereocenters. The predicted molar refractivity (Wildman–Crippen MR) is 110 cm³/mol. The average Bonchev–Trinajstić information content (AvgIpc) is 2.99. The van der Waals surface area contributed by atoms with Crippen LogP contribution >= 0.6 is 0 Å². The highest BCUT2D eigenvalue weighted by molar-refractivity contribution is 6.54. The van der Waals surface area contributed by atoms with E-state index in [0.29, 0.717) is 29.3 Å². The maximum absolute atomic E-state index is 12.6. The van der Waals surface area contributed by atoms with Gasteiger partial charge in [-0.2, -0.15) is 0 Å². The third kappa shape index (κ3) is 4.48. The highest BCUT2D eigenvalue weighted by atomic mass is 16.6. The highest BCUT2D eigenvalue weighted by Crippen LogP contribution is 2.29. The highest BCUT2D eigenvalue weighted by Gasteiger charge is 2.33. The zero-order chi connectivity index (χ0) is 20.8. The molecule has 0 atom stereocenters. The Morgan fingerprint density at radius 1 is 1.10 bits per heavy atom. The van der Waals surface area contributed by atoms with Crippen LogP contribution in [0.4, 0.5) is 11.4 Å². The van der Waals surface area contributed by atoms with Gasteiger partial charge in [0.05, 0.1) is 19.9 Å². The molecule has 0 saturated heterocycles. The van der Waals surface area contributed by atoms with Gasteiger partial charge in [0.2, 0.25) is 0 Å². The number of hydrogen-bond acceptors (Lipinski definition) is 6. The number of hydrogen-bond donors (Lipinski definition) is 1. The van der Waals surface area contributed by atoms with Crippen molar-refractivity contribution in [2.24, 2.45) is 5.16 Å². The molecule has 0 spiro atoms. The molecule has 1 N–H and O–H groups in total. The molecule has 8 heteroatoms. The summed E-state index contributed by atoms with van der Waals surface area (Å²) < 4.78 is 10.4. The Morgan fingerprint density at radius 3 is 2.45 bits per heavy atom. The number of para-hydroxylation sites is 1. The van der Waals surface area contributed by atoms with Crippen LogP contribution in [0.2, 0.25) is 0 Å². The number of nitrogens with one attached hydrogen (secondary N) is 1. The molecule has 2 aromatic rings. The van der Waals surface area contributed by atoms with E-state index in [1.807, 2.05) is 31.2 Å². The van der Waals surface area contributed by atoms with Crippen molar-refractivity contribution in [2.45, 2.75) is 13.3 Å². The van der Waals surface area contributed by atoms with Crippen molar-refractivity contribution < 1.29 is 23.9 Å². The molecule has 0 bridgehead atoms. The van der Waals surface area contributed by atoms with Crippen LogP contribution in [-0.2, 0) is 14.4 Å².